The second-order valence-electron chi connectivity index (χ2n) is 8.32. The summed E-state index contributed by atoms with van der Waals surface area (Å²) >= 11 is 1.18. The number of hydrogen-bond acceptors (Lipinski definition) is 10. The molecule has 0 fully saturated rings. The summed E-state index contributed by atoms with van der Waals surface area (Å²) in [6.45, 7) is 3.72. The molecule has 1 unspecified atom stereocenters. The molecule has 0 aliphatic rings. The monoisotopic (exact) mass is 578 g/mol. The first-order valence-corrected chi connectivity index (χ1v) is 15.7. The summed E-state index contributed by atoms with van der Waals surface area (Å²) in [5, 5.41) is 14.3. The first kappa shape index (κ1) is 27.8. The van der Waals surface area contributed by atoms with E-state index in [4.69, 9.17) is 9.56 Å². The smallest absolute Gasteiger partial charge is 0.274 e. The highest BCUT2D eigenvalue weighted by Crippen LogP contribution is 2.37. The maximum Gasteiger partial charge on any atom is 0.274 e. The molecule has 2 heterocycles. The van der Waals surface area contributed by atoms with Crippen LogP contribution in [0.15, 0.2) is 46.9 Å². The first-order valence-electron chi connectivity index (χ1n) is 11.6. The second kappa shape index (κ2) is 11.2. The summed E-state index contributed by atoms with van der Waals surface area (Å²) in [6, 6.07) is 12.7. The van der Waals surface area contributed by atoms with E-state index in [-0.39, 0.29) is 35.0 Å². The molecular weight excluding hydrogens is 552 g/mol. The lowest BCUT2D eigenvalue weighted by Gasteiger charge is -2.10. The molecule has 4 rings (SSSR count). The van der Waals surface area contributed by atoms with Gasteiger partial charge in [-0.15, -0.1) is 21.5 Å². The van der Waals surface area contributed by atoms with E-state index < -0.39 is 25.3 Å². The Balaban J connectivity index is 1.72. The molecule has 0 saturated carbocycles. The molecule has 12 nitrogen and oxygen atoms in total. The van der Waals surface area contributed by atoms with E-state index in [0.717, 1.165) is 15.8 Å². The van der Waals surface area contributed by atoms with Crippen molar-refractivity contribution in [3.63, 3.8) is 0 Å². The molecule has 0 saturated heterocycles. The zero-order valence-corrected chi connectivity index (χ0v) is 23.0. The minimum Gasteiger partial charge on any atom is -0.422 e. The molecule has 0 aliphatic heterocycles. The Hall–Kier alpha value is -3.24. The van der Waals surface area contributed by atoms with Gasteiger partial charge in [0.15, 0.2) is 15.1 Å². The topological polar surface area (TPSA) is 187 Å². The van der Waals surface area contributed by atoms with Gasteiger partial charge < -0.3 is 9.73 Å². The SMILES string of the molecule is CCCS(=O)(=O)C(c1nnc(CNS(N)(=O)=O)o1)c1nc2ccc(-c3cccc(C(=O)NCC)c3)cc2s1. The standard InChI is InChI=1S/C23H26N6O6S3/c1-3-10-37(31,32)20(22-29-28-19(35-22)13-26-38(24,33)34)23-27-17-9-8-15(12-18(17)36-23)14-6-5-7-16(11-14)21(30)25-4-2/h5-9,11-12,20,26H,3-4,10,13H2,1-2H3,(H,25,30)(H2,24,33,34). The average Bonchev–Trinajstić information content (AvgIpc) is 3.49. The van der Waals surface area contributed by atoms with Crippen molar-refractivity contribution >= 4 is 47.5 Å². The number of benzene rings is 2. The minimum atomic E-state index is -4.01. The van der Waals surface area contributed by atoms with Crippen molar-refractivity contribution in [3.05, 3.63) is 64.8 Å². The number of sulfone groups is 1. The molecule has 2 aromatic heterocycles. The molecule has 4 aromatic rings. The van der Waals surface area contributed by atoms with Crippen LogP contribution in [0.1, 0.15) is 52.7 Å². The maximum atomic E-state index is 13.2. The van der Waals surface area contributed by atoms with E-state index in [2.05, 4.69) is 20.5 Å². The van der Waals surface area contributed by atoms with Crippen LogP contribution in [0.2, 0.25) is 0 Å². The fourth-order valence-electron chi connectivity index (χ4n) is 3.76. The summed E-state index contributed by atoms with van der Waals surface area (Å²) in [5.74, 6) is -0.657. The number of nitrogens with two attached hydrogens (primary N) is 1. The Morgan fingerprint density at radius 2 is 1.84 bits per heavy atom. The number of aromatic nitrogens is 3. The van der Waals surface area contributed by atoms with Gasteiger partial charge in [0, 0.05) is 12.1 Å². The molecule has 0 radical (unpaired) electrons. The van der Waals surface area contributed by atoms with Crippen molar-refractivity contribution in [2.45, 2.75) is 32.1 Å². The van der Waals surface area contributed by atoms with Crippen molar-refractivity contribution in [2.75, 3.05) is 12.3 Å². The number of thiazole rings is 1. The quantitative estimate of drug-likeness (QED) is 0.240. The number of carbonyl (C=O) groups excluding carboxylic acids is 1. The highest BCUT2D eigenvalue weighted by atomic mass is 32.2. The molecule has 2 aromatic carbocycles. The minimum absolute atomic E-state index is 0.138. The van der Waals surface area contributed by atoms with Crippen LogP contribution in [0, 0.1) is 0 Å². The van der Waals surface area contributed by atoms with Crippen LogP contribution < -0.4 is 15.2 Å². The van der Waals surface area contributed by atoms with Crippen LogP contribution >= 0.6 is 11.3 Å². The van der Waals surface area contributed by atoms with Crippen LogP contribution in [-0.4, -0.2) is 50.2 Å². The van der Waals surface area contributed by atoms with Gasteiger partial charge in [-0.1, -0.05) is 25.1 Å². The molecule has 0 aliphatic carbocycles. The van der Waals surface area contributed by atoms with Gasteiger partial charge in [0.2, 0.25) is 11.8 Å². The Labute approximate surface area is 223 Å². The van der Waals surface area contributed by atoms with Crippen molar-refractivity contribution in [1.29, 1.82) is 0 Å². The Bertz CT molecular complexity index is 1680. The first-order chi connectivity index (χ1) is 18.0. The number of amides is 1. The zero-order chi connectivity index (χ0) is 27.5. The number of rotatable bonds is 11. The predicted molar refractivity (Wildman–Crippen MR) is 143 cm³/mol. The lowest BCUT2D eigenvalue weighted by Crippen LogP contribution is -2.30. The molecule has 15 heteroatoms. The lowest BCUT2D eigenvalue weighted by molar-refractivity contribution is 0.0956. The van der Waals surface area contributed by atoms with E-state index >= 15 is 0 Å². The third kappa shape index (κ3) is 6.42. The van der Waals surface area contributed by atoms with Crippen molar-refractivity contribution in [2.24, 2.45) is 5.14 Å². The van der Waals surface area contributed by atoms with Gasteiger partial charge in [-0.2, -0.15) is 13.1 Å². The Morgan fingerprint density at radius 3 is 2.55 bits per heavy atom. The number of nitrogens with one attached hydrogen (secondary N) is 2. The van der Waals surface area contributed by atoms with Gasteiger partial charge >= 0.3 is 0 Å². The highest BCUT2D eigenvalue weighted by molar-refractivity contribution is 7.92. The molecular formula is C23H26N6O6S3. The number of fused-ring (bicyclic) bond motifs is 1. The fraction of sp³-hybridized carbons (Fsp3) is 0.304. The van der Waals surface area contributed by atoms with Gasteiger partial charge in [0.25, 0.3) is 16.1 Å². The second-order valence-corrected chi connectivity index (χ2v) is 13.0. The van der Waals surface area contributed by atoms with Crippen LogP contribution in [0.25, 0.3) is 21.3 Å². The van der Waals surface area contributed by atoms with Crippen LogP contribution in [0.4, 0.5) is 0 Å². The van der Waals surface area contributed by atoms with Crippen LogP contribution in [-0.2, 0) is 26.6 Å². The van der Waals surface area contributed by atoms with E-state index in [1.165, 1.54) is 11.3 Å². The average molecular weight is 579 g/mol. The highest BCUT2D eigenvalue weighted by Gasteiger charge is 2.36. The molecule has 1 atom stereocenters. The van der Waals surface area contributed by atoms with E-state index in [1.807, 2.05) is 29.8 Å². The van der Waals surface area contributed by atoms with Crippen molar-refractivity contribution < 1.29 is 26.0 Å². The largest absolute Gasteiger partial charge is 0.422 e. The van der Waals surface area contributed by atoms with E-state index in [9.17, 15) is 21.6 Å². The summed E-state index contributed by atoms with van der Waals surface area (Å²) in [7, 11) is -7.80. The van der Waals surface area contributed by atoms with Crippen molar-refractivity contribution in [1.82, 2.24) is 25.2 Å². The van der Waals surface area contributed by atoms with Gasteiger partial charge in [0.1, 0.15) is 5.01 Å². The summed E-state index contributed by atoms with van der Waals surface area (Å²) < 4.78 is 57.1. The number of hydrogen-bond donors (Lipinski definition) is 3. The molecule has 0 bridgehead atoms. The van der Waals surface area contributed by atoms with Crippen LogP contribution in [0.3, 0.4) is 0 Å². The molecule has 4 N–H and O–H groups in total. The molecule has 38 heavy (non-hydrogen) atoms. The molecule has 202 valence electrons. The summed E-state index contributed by atoms with van der Waals surface area (Å²) in [5.41, 5.74) is 2.77. The number of carbonyl (C=O) groups is 1. The third-order valence-corrected chi connectivity index (χ3v) is 9.30. The van der Waals surface area contributed by atoms with Crippen molar-refractivity contribution in [3.8, 4) is 11.1 Å². The Morgan fingerprint density at radius 1 is 1.08 bits per heavy atom. The van der Waals surface area contributed by atoms with Gasteiger partial charge in [0.05, 0.1) is 22.5 Å². The van der Waals surface area contributed by atoms with Gasteiger partial charge in [-0.3, -0.25) is 4.79 Å². The van der Waals surface area contributed by atoms with E-state index in [1.54, 1.807) is 31.2 Å². The van der Waals surface area contributed by atoms with Crippen LogP contribution in [0.5, 0.6) is 0 Å². The third-order valence-electron chi connectivity index (χ3n) is 5.40. The Kier molecular flexibility index (Phi) is 8.22. The number of nitrogens with zero attached hydrogens (tertiary/aromatic N) is 3. The molecule has 0 spiro atoms. The molecule has 1 amide bonds. The predicted octanol–water partition coefficient (Wildman–Crippen LogP) is 2.30. The fourth-order valence-corrected chi connectivity index (χ4v) is 7.22. The van der Waals surface area contributed by atoms with Gasteiger partial charge in [-0.25, -0.2) is 18.5 Å². The summed E-state index contributed by atoms with van der Waals surface area (Å²) in [6.07, 6.45) is 0.365. The van der Waals surface area contributed by atoms with Gasteiger partial charge in [-0.05, 0) is 48.7 Å². The summed E-state index contributed by atoms with van der Waals surface area (Å²) in [4.78, 5) is 16.8. The van der Waals surface area contributed by atoms with E-state index in [0.29, 0.717) is 24.0 Å². The lowest BCUT2D eigenvalue weighted by atomic mass is 10.0. The zero-order valence-electron chi connectivity index (χ0n) is 20.5. The maximum absolute atomic E-state index is 13.2. The normalized spacial score (nSPS) is 13.0.